The average Bonchev–Trinajstić information content (AvgIpc) is 3.04. The number of thioether (sulfide) groups is 1. The van der Waals surface area contributed by atoms with Crippen molar-refractivity contribution in [1.82, 2.24) is 15.2 Å². The van der Waals surface area contributed by atoms with Crippen molar-refractivity contribution >= 4 is 51.7 Å². The van der Waals surface area contributed by atoms with E-state index in [0.29, 0.717) is 11.3 Å². The largest absolute Gasteiger partial charge is 0.477 e. The fourth-order valence-electron chi connectivity index (χ4n) is 2.63. The lowest BCUT2D eigenvalue weighted by Gasteiger charge is -2.49. The van der Waals surface area contributed by atoms with Crippen LogP contribution in [-0.2, 0) is 19.2 Å². The predicted molar refractivity (Wildman–Crippen MR) is 95.4 cm³/mol. The Hall–Kier alpha value is -2.60. The number of thiazole rings is 1. The van der Waals surface area contributed by atoms with Crippen LogP contribution in [0, 0.1) is 0 Å². The third-order valence-electron chi connectivity index (χ3n) is 3.76. The van der Waals surface area contributed by atoms with Crippen LogP contribution in [0.4, 0.5) is 5.13 Å². The van der Waals surface area contributed by atoms with E-state index >= 15 is 0 Å². The molecule has 26 heavy (non-hydrogen) atoms. The Balaban J connectivity index is 1.81. The van der Waals surface area contributed by atoms with Crippen molar-refractivity contribution in [3.05, 3.63) is 22.3 Å². The number of nitrogens with zero attached hydrogens (tertiary/aromatic N) is 3. The third-order valence-corrected chi connectivity index (χ3v) is 5.86. The lowest BCUT2D eigenvalue weighted by molar-refractivity contribution is -0.150. The molecule has 0 unspecified atom stereocenters. The molecule has 1 aromatic rings. The fraction of sp³-hybridized carbons (Fsp3) is 0.357. The van der Waals surface area contributed by atoms with Crippen molar-refractivity contribution in [2.24, 2.45) is 5.16 Å². The fourth-order valence-corrected chi connectivity index (χ4v) is 4.47. The van der Waals surface area contributed by atoms with Crippen LogP contribution in [-0.4, -0.2) is 62.7 Å². The number of fused-ring (bicyclic) bond motifs is 1. The molecule has 2 amide bonds. The van der Waals surface area contributed by atoms with Gasteiger partial charge in [0, 0.05) is 11.1 Å². The molecule has 0 aromatic carbocycles. The van der Waals surface area contributed by atoms with Gasteiger partial charge in [-0.25, -0.2) is 9.78 Å². The summed E-state index contributed by atoms with van der Waals surface area (Å²) in [5.74, 6) is -2.34. The van der Waals surface area contributed by atoms with E-state index in [-0.39, 0.29) is 16.5 Å². The number of oxime groups is 1. The Bertz CT molecular complexity index is 944. The summed E-state index contributed by atoms with van der Waals surface area (Å²) in [6.45, 7) is 1.62. The second-order valence-electron chi connectivity index (χ2n) is 5.40. The number of carbonyl (C=O) groups excluding carboxylic acids is 2. The highest BCUT2D eigenvalue weighted by Gasteiger charge is 2.54. The Kier molecular flexibility index (Phi) is 3.90. The van der Waals surface area contributed by atoms with Gasteiger partial charge in [-0.1, -0.05) is 5.16 Å². The maximum atomic E-state index is 12.7. The number of nitrogen functional groups attached to an aromatic ring is 1. The maximum absolute atomic E-state index is 12.7. The molecule has 1 fully saturated rings. The predicted octanol–water partition coefficient (Wildman–Crippen LogP) is -0.166. The molecular formula is C14H15N5O5S2. The number of hydrogen-bond acceptors (Lipinski definition) is 9. The Morgan fingerprint density at radius 2 is 2.38 bits per heavy atom. The van der Waals surface area contributed by atoms with Gasteiger partial charge in [0.1, 0.15) is 29.8 Å². The zero-order valence-electron chi connectivity index (χ0n) is 16.3. The lowest BCUT2D eigenvalue weighted by Crippen LogP contribution is -2.71. The molecule has 138 valence electrons. The molecule has 0 saturated carbocycles. The molecule has 2 aliphatic rings. The van der Waals surface area contributed by atoms with Crippen LogP contribution in [0.3, 0.4) is 0 Å². The molecule has 0 aliphatic carbocycles. The molecule has 1 saturated heterocycles. The molecule has 0 spiro atoms. The lowest BCUT2D eigenvalue weighted by atomic mass is 10.0. The van der Waals surface area contributed by atoms with Crippen LogP contribution < -0.4 is 11.1 Å². The minimum absolute atomic E-state index is 0.0175. The maximum Gasteiger partial charge on any atom is 0.352 e. The molecular weight excluding hydrogens is 382 g/mol. The van der Waals surface area contributed by atoms with Crippen LogP contribution in [0.25, 0.3) is 0 Å². The molecule has 1 aromatic heterocycles. The number of carboxylic acid groups (broad SMARTS) is 1. The zero-order chi connectivity index (χ0) is 21.5. The number of β-lactam (4-membered cyclic amide) rings is 1. The van der Waals surface area contributed by atoms with E-state index in [1.54, 1.807) is 6.92 Å². The van der Waals surface area contributed by atoms with Crippen molar-refractivity contribution in [1.29, 1.82) is 0 Å². The van der Waals surface area contributed by atoms with E-state index < -0.39 is 41.9 Å². The van der Waals surface area contributed by atoms with E-state index in [9.17, 15) is 19.5 Å². The number of nitrogens with one attached hydrogen (secondary N) is 1. The third kappa shape index (κ3) is 3.01. The number of hydrogen-bond donors (Lipinski definition) is 3. The Morgan fingerprint density at radius 3 is 3.00 bits per heavy atom. The van der Waals surface area contributed by atoms with Crippen LogP contribution in [0.15, 0.2) is 21.8 Å². The van der Waals surface area contributed by atoms with Gasteiger partial charge in [-0.15, -0.1) is 23.1 Å². The standard InChI is InChI=1S/C14H15N5O5S2/c1-5-3-25-12-8(11(21)19(12)9(5)13(22)23)17-10(20)7(18-24-2)6-4-26-14(15)16-6/h4,8,12H,3H2,1-2H3,(H2,15,16)(H,17,20)(H,22,23)/b18-7-/t8-,12-/m1/s1/i2D3. The Morgan fingerprint density at radius 1 is 1.62 bits per heavy atom. The summed E-state index contributed by atoms with van der Waals surface area (Å²) in [5.41, 5.74) is 5.51. The molecule has 2 atom stereocenters. The molecule has 3 heterocycles. The molecule has 2 aliphatic heterocycles. The summed E-state index contributed by atoms with van der Waals surface area (Å²) < 4.78 is 21.2. The molecule has 12 heteroatoms. The monoisotopic (exact) mass is 400 g/mol. The van der Waals surface area contributed by atoms with Crippen molar-refractivity contribution in [2.45, 2.75) is 18.3 Å². The molecule has 3 rings (SSSR count). The minimum Gasteiger partial charge on any atom is -0.477 e. The number of aromatic nitrogens is 1. The van der Waals surface area contributed by atoms with Crippen molar-refractivity contribution in [3.63, 3.8) is 0 Å². The first kappa shape index (κ1) is 14.6. The first-order valence-electron chi connectivity index (χ1n) is 8.65. The van der Waals surface area contributed by atoms with Gasteiger partial charge in [0.2, 0.25) is 0 Å². The van der Waals surface area contributed by atoms with Gasteiger partial charge < -0.3 is 21.0 Å². The van der Waals surface area contributed by atoms with Gasteiger partial charge in [0.05, 0.1) is 4.11 Å². The number of amides is 2. The van der Waals surface area contributed by atoms with Crippen molar-refractivity contribution < 1.29 is 28.4 Å². The minimum atomic E-state index is -2.89. The van der Waals surface area contributed by atoms with E-state index in [1.165, 1.54) is 17.1 Å². The van der Waals surface area contributed by atoms with Crippen LogP contribution in [0.5, 0.6) is 0 Å². The smallest absolute Gasteiger partial charge is 0.352 e. The van der Waals surface area contributed by atoms with Crippen LogP contribution in [0.1, 0.15) is 16.7 Å². The van der Waals surface area contributed by atoms with E-state index in [2.05, 4.69) is 20.3 Å². The summed E-state index contributed by atoms with van der Waals surface area (Å²) in [6.07, 6.45) is 0. The number of aliphatic carboxylic acids is 1. The molecule has 0 bridgehead atoms. The first-order valence-corrected chi connectivity index (χ1v) is 9.08. The van der Waals surface area contributed by atoms with Crippen molar-refractivity contribution in [2.75, 3.05) is 18.5 Å². The quantitative estimate of drug-likeness (QED) is 0.351. The summed E-state index contributed by atoms with van der Waals surface area (Å²) in [4.78, 5) is 46.0. The van der Waals surface area contributed by atoms with Crippen molar-refractivity contribution in [3.8, 4) is 0 Å². The second kappa shape index (κ2) is 6.96. The number of rotatable bonds is 5. The highest BCUT2D eigenvalue weighted by Crippen LogP contribution is 2.40. The molecule has 4 N–H and O–H groups in total. The van der Waals surface area contributed by atoms with Crippen LogP contribution in [0.2, 0.25) is 0 Å². The molecule has 0 radical (unpaired) electrons. The summed E-state index contributed by atoms with van der Waals surface area (Å²) in [7, 11) is -2.89. The number of nitrogens with two attached hydrogens (primary N) is 1. The Labute approximate surface area is 160 Å². The van der Waals surface area contributed by atoms with Gasteiger partial charge in [-0.05, 0) is 12.5 Å². The zero-order valence-corrected chi connectivity index (χ0v) is 14.9. The van der Waals surface area contributed by atoms with Crippen LogP contribution >= 0.6 is 23.1 Å². The normalized spacial score (nSPS) is 24.8. The highest BCUT2D eigenvalue weighted by molar-refractivity contribution is 8.00. The van der Waals surface area contributed by atoms with Gasteiger partial charge in [-0.3, -0.25) is 14.5 Å². The first-order chi connectivity index (χ1) is 13.5. The van der Waals surface area contributed by atoms with Gasteiger partial charge in [-0.2, -0.15) is 0 Å². The average molecular weight is 400 g/mol. The summed E-state index contributed by atoms with van der Waals surface area (Å²) in [6, 6.07) is -1.01. The number of anilines is 1. The van der Waals surface area contributed by atoms with Gasteiger partial charge in [0.15, 0.2) is 10.8 Å². The molecule has 10 nitrogen and oxygen atoms in total. The van der Waals surface area contributed by atoms with E-state index in [4.69, 9.17) is 9.85 Å². The van der Waals surface area contributed by atoms with Gasteiger partial charge in [0.25, 0.3) is 11.8 Å². The summed E-state index contributed by atoms with van der Waals surface area (Å²) in [5, 5.41) is 16.1. The highest BCUT2D eigenvalue weighted by atomic mass is 32.2. The topological polar surface area (TPSA) is 147 Å². The van der Waals surface area contributed by atoms with Gasteiger partial charge >= 0.3 is 5.97 Å². The second-order valence-corrected chi connectivity index (χ2v) is 7.39. The van der Waals surface area contributed by atoms with E-state index in [0.717, 1.165) is 16.2 Å². The number of carboxylic acids is 1. The SMILES string of the molecule is [2H]C([2H])([2H])O/N=C(\C(=O)N[C@@H]1C(=O)N2C(C(=O)O)=C(C)CS[C@H]12)c1csc(N)n1. The number of carbonyl (C=O) groups is 3. The summed E-state index contributed by atoms with van der Waals surface area (Å²) >= 11 is 2.30. The van der Waals surface area contributed by atoms with E-state index in [1.807, 2.05) is 0 Å².